The monoisotopic (exact) mass is 619 g/mol. The number of aliphatic hydroxyl groups is 1. The molecule has 39 heavy (non-hydrogen) atoms. The van der Waals surface area contributed by atoms with Gasteiger partial charge < -0.3 is 24.0 Å². The molecule has 7 nitrogen and oxygen atoms in total. The van der Waals surface area contributed by atoms with Crippen molar-refractivity contribution >= 4 is 61.9 Å². The number of aromatic nitrogens is 1. The van der Waals surface area contributed by atoms with E-state index < -0.39 is 29.4 Å². The molecule has 0 radical (unpaired) electrons. The molecule has 1 aliphatic carbocycles. The summed E-state index contributed by atoms with van der Waals surface area (Å²) < 4.78 is 45.7. The SMILES string of the molecule is C/C(O)=S(\C)Nc1ccsc1C(=O)O[C@@H](Cc1c(Cl)c[nH+]cc1Cl)c1ccc(OC(F)F)c(OCC2CC2)c1. The van der Waals surface area contributed by atoms with Crippen LogP contribution in [0.1, 0.15) is 46.7 Å². The summed E-state index contributed by atoms with van der Waals surface area (Å²) in [5.74, 6) is -0.234. The number of aliphatic hydroxyl groups excluding tert-OH is 1. The fourth-order valence-electron chi connectivity index (χ4n) is 3.58. The van der Waals surface area contributed by atoms with Crippen LogP contribution >= 0.6 is 45.2 Å². The van der Waals surface area contributed by atoms with E-state index in [1.807, 2.05) is 0 Å². The van der Waals surface area contributed by atoms with Crippen LogP contribution in [0.4, 0.5) is 14.5 Å². The summed E-state index contributed by atoms with van der Waals surface area (Å²) in [6.07, 6.45) is 6.12. The number of benzene rings is 1. The molecule has 0 bridgehead atoms. The molecule has 13 heteroatoms. The first-order chi connectivity index (χ1) is 18.6. The summed E-state index contributed by atoms with van der Waals surface area (Å²) in [5, 5.41) is 12.4. The third kappa shape index (κ3) is 8.04. The molecule has 0 spiro atoms. The van der Waals surface area contributed by atoms with Gasteiger partial charge in [0, 0.05) is 12.0 Å². The second-order valence-corrected chi connectivity index (χ2v) is 12.4. The third-order valence-electron chi connectivity index (χ3n) is 5.92. The second kappa shape index (κ2) is 13.3. The Bertz CT molecular complexity index is 1340. The number of anilines is 1. The molecule has 2 aromatic heterocycles. The highest BCUT2D eigenvalue weighted by atomic mass is 35.5. The zero-order valence-corrected chi connectivity index (χ0v) is 24.2. The van der Waals surface area contributed by atoms with Crippen LogP contribution in [0.3, 0.4) is 0 Å². The van der Waals surface area contributed by atoms with Crippen molar-refractivity contribution in [2.75, 3.05) is 17.6 Å². The Morgan fingerprint density at radius 3 is 2.59 bits per heavy atom. The molecule has 0 saturated heterocycles. The number of hydrogen-bond acceptors (Lipinski definition) is 6. The Morgan fingerprint density at radius 2 is 1.95 bits per heavy atom. The van der Waals surface area contributed by atoms with Gasteiger partial charge in [0.1, 0.15) is 21.0 Å². The van der Waals surface area contributed by atoms with Crippen molar-refractivity contribution in [3.8, 4) is 11.5 Å². The highest BCUT2D eigenvalue weighted by Crippen LogP contribution is 2.38. The van der Waals surface area contributed by atoms with Crippen molar-refractivity contribution in [2.45, 2.75) is 38.9 Å². The summed E-state index contributed by atoms with van der Waals surface area (Å²) in [6.45, 7) is -1.09. The van der Waals surface area contributed by atoms with Gasteiger partial charge in [-0.3, -0.25) is 0 Å². The lowest BCUT2D eigenvalue weighted by molar-refractivity contribution is -0.377. The van der Waals surface area contributed by atoms with Crippen LogP contribution in [0.5, 0.6) is 11.5 Å². The van der Waals surface area contributed by atoms with Crippen LogP contribution in [0.15, 0.2) is 42.0 Å². The predicted molar refractivity (Wildman–Crippen MR) is 151 cm³/mol. The standard InChI is InChI=1S/C26H26Cl2F2N2O5S2/c1-14(33)39(2)32-20-7-8-38-24(20)25(34)36-22(10-17-18(27)11-31-12-19(17)28)16-5-6-21(37-26(29)30)23(9-16)35-13-15-3-4-15/h5-9,11-12,15,22,26,32-33H,3-4,10,13H2,1-2H3/p+1/t22-,39?/m0/s1. The number of pyridine rings is 1. The number of H-pyrrole nitrogens is 1. The maximum absolute atomic E-state index is 13.4. The largest absolute Gasteiger partial charge is 0.489 e. The van der Waals surface area contributed by atoms with Crippen LogP contribution in [-0.2, 0) is 11.2 Å². The molecular weight excluding hydrogens is 593 g/mol. The van der Waals surface area contributed by atoms with Gasteiger partial charge in [-0.1, -0.05) is 39.9 Å². The number of esters is 1. The number of alkyl halides is 2. The van der Waals surface area contributed by atoms with Crippen molar-refractivity contribution in [3.05, 3.63) is 68.1 Å². The average Bonchev–Trinajstić information content (AvgIpc) is 3.60. The number of carbonyl (C=O) groups is 1. The van der Waals surface area contributed by atoms with Gasteiger partial charge in [0.25, 0.3) is 0 Å². The third-order valence-corrected chi connectivity index (χ3v) is 8.90. The van der Waals surface area contributed by atoms with Crippen LogP contribution in [0.2, 0.25) is 10.0 Å². The van der Waals surface area contributed by atoms with E-state index >= 15 is 0 Å². The molecule has 1 fully saturated rings. The molecule has 2 atom stereocenters. The van der Waals surface area contributed by atoms with Crippen molar-refractivity contribution in [3.63, 3.8) is 0 Å². The van der Waals surface area contributed by atoms with E-state index in [4.69, 9.17) is 32.7 Å². The number of thiophene rings is 1. The van der Waals surface area contributed by atoms with Gasteiger partial charge in [0.2, 0.25) is 0 Å². The summed E-state index contributed by atoms with van der Waals surface area (Å²) in [7, 11) is -0.685. The zero-order valence-electron chi connectivity index (χ0n) is 21.0. The Morgan fingerprint density at radius 1 is 1.23 bits per heavy atom. The minimum absolute atomic E-state index is 0.102. The van der Waals surface area contributed by atoms with E-state index in [-0.39, 0.29) is 23.0 Å². The van der Waals surface area contributed by atoms with Crippen molar-refractivity contribution in [1.82, 2.24) is 0 Å². The van der Waals surface area contributed by atoms with Gasteiger partial charge >= 0.3 is 12.6 Å². The van der Waals surface area contributed by atoms with Crippen LogP contribution < -0.4 is 19.2 Å². The van der Waals surface area contributed by atoms with Crippen LogP contribution in [-0.4, -0.2) is 35.6 Å². The van der Waals surface area contributed by atoms with Crippen LogP contribution in [0, 0.1) is 5.92 Å². The highest BCUT2D eigenvalue weighted by molar-refractivity contribution is 8.16. The van der Waals surface area contributed by atoms with E-state index in [1.165, 1.54) is 29.5 Å². The number of hydrogen-bond donors (Lipinski definition) is 2. The van der Waals surface area contributed by atoms with Gasteiger partial charge in [-0.25, -0.2) is 9.78 Å². The zero-order chi connectivity index (χ0) is 28.1. The van der Waals surface area contributed by atoms with Crippen molar-refractivity contribution < 1.29 is 37.9 Å². The topological polar surface area (TPSA) is 91.2 Å². The summed E-state index contributed by atoms with van der Waals surface area (Å²) in [5.41, 5.74) is 1.53. The van der Waals surface area contributed by atoms with Crippen LogP contribution in [0.25, 0.3) is 0 Å². The molecule has 210 valence electrons. The van der Waals surface area contributed by atoms with E-state index in [2.05, 4.69) is 14.4 Å². The fourth-order valence-corrected chi connectivity index (χ4v) is 5.55. The lowest BCUT2D eigenvalue weighted by atomic mass is 10.0. The van der Waals surface area contributed by atoms with Gasteiger partial charge in [-0.05, 0) is 61.1 Å². The first-order valence-electron chi connectivity index (χ1n) is 11.9. The molecule has 0 amide bonds. The molecule has 1 saturated carbocycles. The molecule has 4 rings (SSSR count). The predicted octanol–water partition coefficient (Wildman–Crippen LogP) is 7.33. The second-order valence-electron chi connectivity index (χ2n) is 8.86. The fraction of sp³-hybridized carbons (Fsp3) is 0.346. The van der Waals surface area contributed by atoms with Gasteiger partial charge in [-0.15, -0.1) is 11.3 Å². The number of ether oxygens (including phenoxy) is 3. The lowest BCUT2D eigenvalue weighted by Gasteiger charge is -2.21. The Hall–Kier alpha value is -2.44. The van der Waals surface area contributed by atoms with E-state index in [0.717, 1.165) is 12.8 Å². The number of nitrogens with one attached hydrogen (secondary N) is 2. The minimum atomic E-state index is -3.03. The Balaban J connectivity index is 1.68. The number of carbonyl (C=O) groups excluding carboxylic acids is 1. The van der Waals surface area contributed by atoms with E-state index in [1.54, 1.807) is 37.0 Å². The lowest BCUT2D eigenvalue weighted by Crippen LogP contribution is -2.16. The number of rotatable bonds is 12. The molecule has 3 N–H and O–H groups in total. The number of halogens is 4. The Labute approximate surface area is 241 Å². The molecule has 1 unspecified atom stereocenters. The molecule has 1 aliphatic rings. The van der Waals surface area contributed by atoms with Gasteiger partial charge in [0.05, 0.1) is 17.3 Å². The highest BCUT2D eigenvalue weighted by Gasteiger charge is 2.27. The molecule has 1 aromatic carbocycles. The molecular formula is C26H27Cl2F2N2O5S2+. The molecule has 2 heterocycles. The summed E-state index contributed by atoms with van der Waals surface area (Å²) >= 11 is 14.0. The normalized spacial score (nSPS) is 15.0. The molecule has 3 aromatic rings. The minimum Gasteiger partial charge on any atom is -0.489 e. The van der Waals surface area contributed by atoms with Crippen molar-refractivity contribution in [2.24, 2.45) is 5.92 Å². The van der Waals surface area contributed by atoms with E-state index in [0.29, 0.717) is 44.3 Å². The van der Waals surface area contributed by atoms with Gasteiger partial charge in [-0.2, -0.15) is 8.78 Å². The van der Waals surface area contributed by atoms with Gasteiger partial charge in [0.15, 0.2) is 23.9 Å². The smallest absolute Gasteiger partial charge is 0.387 e. The average molecular weight is 621 g/mol. The Kier molecular flexibility index (Phi) is 10.1. The van der Waals surface area contributed by atoms with E-state index in [9.17, 15) is 18.7 Å². The molecule has 0 aliphatic heterocycles. The summed E-state index contributed by atoms with van der Waals surface area (Å²) in [4.78, 5) is 16.5. The van der Waals surface area contributed by atoms with Crippen molar-refractivity contribution in [1.29, 1.82) is 0 Å². The summed E-state index contributed by atoms with van der Waals surface area (Å²) in [6, 6.07) is 6.17. The quantitative estimate of drug-likeness (QED) is 0.163. The first kappa shape index (κ1) is 29.5. The number of aromatic amines is 1. The first-order valence-corrected chi connectivity index (χ1v) is 15.2. The maximum Gasteiger partial charge on any atom is 0.387 e. The maximum atomic E-state index is 13.4.